The maximum Gasteiger partial charge on any atom is 0.416 e. The van der Waals surface area contributed by atoms with Crippen LogP contribution in [0.4, 0.5) is 18.0 Å². The normalized spacial score (nSPS) is 11.7. The standard InChI is InChI=1S/C14H18F3N3O3/c1-13(2,11(21)19-6-7-20-12(22)23-3)10-8-9(4-5-18-10)14(15,16)17/h4-5,8H,6-7H2,1-3H3,(H,19,21)(H,20,22). The first-order valence-corrected chi connectivity index (χ1v) is 6.73. The van der Waals surface area contributed by atoms with Crippen LogP contribution in [-0.2, 0) is 21.1 Å². The van der Waals surface area contributed by atoms with Crippen molar-refractivity contribution in [1.29, 1.82) is 0 Å². The van der Waals surface area contributed by atoms with E-state index in [4.69, 9.17) is 0 Å². The Balaban J connectivity index is 2.74. The molecule has 0 aromatic carbocycles. The lowest BCUT2D eigenvalue weighted by Crippen LogP contribution is -2.43. The number of pyridine rings is 1. The molecule has 2 N–H and O–H groups in total. The zero-order valence-electron chi connectivity index (χ0n) is 13.0. The van der Waals surface area contributed by atoms with Crippen LogP contribution in [0.15, 0.2) is 18.3 Å². The van der Waals surface area contributed by atoms with Gasteiger partial charge in [-0.25, -0.2) is 4.79 Å². The van der Waals surface area contributed by atoms with E-state index < -0.39 is 29.2 Å². The van der Waals surface area contributed by atoms with Gasteiger partial charge in [-0.1, -0.05) is 0 Å². The van der Waals surface area contributed by atoms with Gasteiger partial charge in [-0.15, -0.1) is 0 Å². The smallest absolute Gasteiger partial charge is 0.416 e. The number of nitrogens with one attached hydrogen (secondary N) is 2. The number of halogens is 3. The van der Waals surface area contributed by atoms with Crippen molar-refractivity contribution in [2.75, 3.05) is 20.2 Å². The van der Waals surface area contributed by atoms with E-state index in [1.165, 1.54) is 21.0 Å². The van der Waals surface area contributed by atoms with Crippen molar-refractivity contribution in [3.8, 4) is 0 Å². The Labute approximate surface area is 131 Å². The summed E-state index contributed by atoms with van der Waals surface area (Å²) < 4.78 is 42.6. The van der Waals surface area contributed by atoms with Gasteiger partial charge < -0.3 is 15.4 Å². The second-order valence-corrected chi connectivity index (χ2v) is 5.23. The minimum absolute atomic E-state index is 0.00533. The molecule has 1 aromatic heterocycles. The first kappa shape index (κ1) is 18.7. The van der Waals surface area contributed by atoms with E-state index in [1.807, 2.05) is 0 Å². The number of hydrogen-bond donors (Lipinski definition) is 2. The van der Waals surface area contributed by atoms with Crippen LogP contribution >= 0.6 is 0 Å². The Bertz CT molecular complexity index is 574. The van der Waals surface area contributed by atoms with Crippen molar-refractivity contribution in [1.82, 2.24) is 15.6 Å². The number of aromatic nitrogens is 1. The van der Waals surface area contributed by atoms with E-state index >= 15 is 0 Å². The predicted octanol–water partition coefficient (Wildman–Crippen LogP) is 1.85. The number of hydrogen-bond acceptors (Lipinski definition) is 4. The summed E-state index contributed by atoms with van der Waals surface area (Å²) in [6.07, 6.45) is -4.13. The van der Waals surface area contributed by atoms with Crippen LogP contribution in [0.25, 0.3) is 0 Å². The molecule has 0 atom stereocenters. The highest BCUT2D eigenvalue weighted by Crippen LogP contribution is 2.31. The molecular weight excluding hydrogens is 315 g/mol. The molecule has 0 aliphatic carbocycles. The minimum atomic E-state index is -4.51. The zero-order chi connectivity index (χ0) is 17.7. The van der Waals surface area contributed by atoms with E-state index in [2.05, 4.69) is 20.4 Å². The lowest BCUT2D eigenvalue weighted by molar-refractivity contribution is -0.138. The minimum Gasteiger partial charge on any atom is -0.453 e. The van der Waals surface area contributed by atoms with Crippen LogP contribution in [0.1, 0.15) is 25.1 Å². The lowest BCUT2D eigenvalue weighted by atomic mass is 9.87. The number of rotatable bonds is 5. The third-order valence-corrected chi connectivity index (χ3v) is 3.16. The molecule has 0 saturated heterocycles. The number of amides is 2. The molecule has 2 amide bonds. The lowest BCUT2D eigenvalue weighted by Gasteiger charge is -2.24. The predicted molar refractivity (Wildman–Crippen MR) is 75.7 cm³/mol. The summed E-state index contributed by atoms with van der Waals surface area (Å²) in [6.45, 7) is 3.18. The maximum absolute atomic E-state index is 12.7. The fourth-order valence-electron chi connectivity index (χ4n) is 1.70. The fraction of sp³-hybridized carbons (Fsp3) is 0.500. The zero-order valence-corrected chi connectivity index (χ0v) is 13.0. The van der Waals surface area contributed by atoms with Crippen LogP contribution in [0.5, 0.6) is 0 Å². The van der Waals surface area contributed by atoms with Crippen molar-refractivity contribution in [2.24, 2.45) is 0 Å². The van der Waals surface area contributed by atoms with Crippen molar-refractivity contribution < 1.29 is 27.5 Å². The molecule has 0 fully saturated rings. The van der Waals surface area contributed by atoms with Crippen molar-refractivity contribution in [2.45, 2.75) is 25.4 Å². The topological polar surface area (TPSA) is 80.3 Å². The van der Waals surface area contributed by atoms with E-state index in [9.17, 15) is 22.8 Å². The Hall–Kier alpha value is -2.32. The highest BCUT2D eigenvalue weighted by atomic mass is 19.4. The number of carbonyl (C=O) groups excluding carboxylic acids is 2. The first-order chi connectivity index (χ1) is 10.6. The van der Waals surface area contributed by atoms with Gasteiger partial charge in [-0.05, 0) is 26.0 Å². The summed E-state index contributed by atoms with van der Waals surface area (Å²) >= 11 is 0. The molecule has 0 radical (unpaired) electrons. The second-order valence-electron chi connectivity index (χ2n) is 5.23. The van der Waals surface area contributed by atoms with Crippen molar-refractivity contribution in [3.05, 3.63) is 29.6 Å². The quantitative estimate of drug-likeness (QED) is 0.806. The number of alkyl halides is 3. The summed E-state index contributed by atoms with van der Waals surface area (Å²) in [5.41, 5.74) is -2.12. The van der Waals surface area contributed by atoms with E-state index in [0.29, 0.717) is 0 Å². The molecule has 128 valence electrons. The molecule has 9 heteroatoms. The van der Waals surface area contributed by atoms with Crippen molar-refractivity contribution >= 4 is 12.0 Å². The molecule has 23 heavy (non-hydrogen) atoms. The van der Waals surface area contributed by atoms with Gasteiger partial charge in [0.2, 0.25) is 5.91 Å². The highest BCUT2D eigenvalue weighted by Gasteiger charge is 2.35. The average Bonchev–Trinajstić information content (AvgIpc) is 2.50. The van der Waals surface area contributed by atoms with Gasteiger partial charge in [0.05, 0.1) is 23.8 Å². The number of methoxy groups -OCH3 is 1. The molecule has 0 bridgehead atoms. The fourth-order valence-corrected chi connectivity index (χ4v) is 1.70. The molecule has 0 spiro atoms. The first-order valence-electron chi connectivity index (χ1n) is 6.73. The molecule has 1 heterocycles. The van der Waals surface area contributed by atoms with Gasteiger partial charge >= 0.3 is 12.3 Å². The molecule has 1 rings (SSSR count). The van der Waals surface area contributed by atoms with Crippen LogP contribution < -0.4 is 10.6 Å². The van der Waals surface area contributed by atoms with E-state index in [-0.39, 0.29) is 18.8 Å². The number of ether oxygens (including phenoxy) is 1. The van der Waals surface area contributed by atoms with Crippen LogP contribution in [0.3, 0.4) is 0 Å². The Morgan fingerprint density at radius 2 is 1.83 bits per heavy atom. The van der Waals surface area contributed by atoms with E-state index in [1.54, 1.807) is 0 Å². The largest absolute Gasteiger partial charge is 0.453 e. The van der Waals surface area contributed by atoms with Crippen LogP contribution in [0.2, 0.25) is 0 Å². The average molecular weight is 333 g/mol. The summed E-state index contributed by atoms with van der Waals surface area (Å²) in [6, 6.07) is 1.70. The summed E-state index contributed by atoms with van der Waals surface area (Å²) in [4.78, 5) is 26.9. The van der Waals surface area contributed by atoms with Gasteiger partial charge in [0.1, 0.15) is 0 Å². The molecule has 1 aromatic rings. The third kappa shape index (κ3) is 5.11. The molecule has 0 aliphatic rings. The summed E-state index contributed by atoms with van der Waals surface area (Å²) in [5.74, 6) is -0.504. The Morgan fingerprint density at radius 3 is 2.39 bits per heavy atom. The van der Waals surface area contributed by atoms with Crippen LogP contribution in [-0.4, -0.2) is 37.2 Å². The monoisotopic (exact) mass is 333 g/mol. The van der Waals surface area contributed by atoms with Gasteiger partial charge in [0.25, 0.3) is 0 Å². The second kappa shape index (κ2) is 7.30. The number of carbonyl (C=O) groups is 2. The van der Waals surface area contributed by atoms with Crippen LogP contribution in [0, 0.1) is 0 Å². The molecule has 0 saturated carbocycles. The Kier molecular flexibility index (Phi) is 5.94. The number of nitrogens with zero attached hydrogens (tertiary/aromatic N) is 1. The molecular formula is C14H18F3N3O3. The third-order valence-electron chi connectivity index (χ3n) is 3.16. The Morgan fingerprint density at radius 1 is 1.22 bits per heavy atom. The maximum atomic E-state index is 12.7. The molecule has 0 unspecified atom stereocenters. The summed E-state index contributed by atoms with van der Waals surface area (Å²) in [7, 11) is 1.20. The molecule has 0 aliphatic heterocycles. The molecule has 6 nitrogen and oxygen atoms in total. The van der Waals surface area contributed by atoms with Gasteiger partial charge in [0.15, 0.2) is 0 Å². The van der Waals surface area contributed by atoms with Crippen molar-refractivity contribution in [3.63, 3.8) is 0 Å². The van der Waals surface area contributed by atoms with Gasteiger partial charge in [-0.3, -0.25) is 9.78 Å². The number of alkyl carbamates (subject to hydrolysis) is 1. The SMILES string of the molecule is COC(=O)NCCNC(=O)C(C)(C)c1cc(C(F)(F)F)ccn1. The van der Waals surface area contributed by atoms with Gasteiger partial charge in [0, 0.05) is 19.3 Å². The van der Waals surface area contributed by atoms with Gasteiger partial charge in [-0.2, -0.15) is 13.2 Å². The summed E-state index contributed by atoms with van der Waals surface area (Å²) in [5, 5.41) is 4.90. The van der Waals surface area contributed by atoms with E-state index in [0.717, 1.165) is 18.3 Å². The highest BCUT2D eigenvalue weighted by molar-refractivity contribution is 5.86.